The van der Waals surface area contributed by atoms with Gasteiger partial charge in [-0.1, -0.05) is 11.8 Å². The predicted octanol–water partition coefficient (Wildman–Crippen LogP) is 2.53. The van der Waals surface area contributed by atoms with Gasteiger partial charge in [0.05, 0.1) is 0 Å². The third-order valence-corrected chi connectivity index (χ3v) is 2.90. The maximum Gasteiger partial charge on any atom is 0.288 e. The van der Waals surface area contributed by atoms with Gasteiger partial charge in [0.2, 0.25) is 0 Å². The number of alkyl halides is 2. The van der Waals surface area contributed by atoms with Gasteiger partial charge in [0.15, 0.2) is 5.11 Å². The van der Waals surface area contributed by atoms with Crippen molar-refractivity contribution in [2.45, 2.75) is 10.7 Å². The van der Waals surface area contributed by atoms with Gasteiger partial charge in [-0.25, -0.2) is 4.68 Å². The number of hydrogen-bond acceptors (Lipinski definition) is 4. The van der Waals surface area contributed by atoms with E-state index in [9.17, 15) is 8.78 Å². The Morgan fingerprint density at radius 3 is 2.42 bits per heavy atom. The van der Waals surface area contributed by atoms with Crippen LogP contribution < -0.4 is 10.7 Å². The fraction of sp³-hybridized carbons (Fsp3) is 0.100. The van der Waals surface area contributed by atoms with Crippen LogP contribution in [0.15, 0.2) is 41.8 Å². The fourth-order valence-electron chi connectivity index (χ4n) is 1.25. The lowest BCUT2D eigenvalue weighted by molar-refractivity contribution is 0.252. The SMILES string of the molecule is FC(F)Sc1ccc(NC(=S)Nn2cnnc2)cc1. The van der Waals surface area contributed by atoms with Crippen molar-refractivity contribution in [3.63, 3.8) is 0 Å². The number of thiocarbonyl (C=S) groups is 1. The first-order valence-corrected chi connectivity index (χ1v) is 6.40. The van der Waals surface area contributed by atoms with E-state index in [0.717, 1.165) is 0 Å². The van der Waals surface area contributed by atoms with Crippen LogP contribution in [0.25, 0.3) is 0 Å². The van der Waals surface area contributed by atoms with Gasteiger partial charge in [0.1, 0.15) is 12.7 Å². The molecule has 0 saturated heterocycles. The summed E-state index contributed by atoms with van der Waals surface area (Å²) in [5.41, 5.74) is 3.50. The molecule has 0 aliphatic rings. The van der Waals surface area contributed by atoms with Gasteiger partial charge in [0.25, 0.3) is 5.76 Å². The molecule has 100 valence electrons. The number of hydrogen-bond donors (Lipinski definition) is 2. The number of benzene rings is 1. The molecular weight excluding hydrogens is 292 g/mol. The molecule has 0 saturated carbocycles. The average Bonchev–Trinajstić information content (AvgIpc) is 2.83. The van der Waals surface area contributed by atoms with Crippen LogP contribution in [0.4, 0.5) is 14.5 Å². The van der Waals surface area contributed by atoms with E-state index in [1.165, 1.54) is 17.3 Å². The van der Waals surface area contributed by atoms with Crippen LogP contribution in [-0.4, -0.2) is 25.7 Å². The number of nitrogens with one attached hydrogen (secondary N) is 2. The van der Waals surface area contributed by atoms with Gasteiger partial charge in [-0.2, -0.15) is 8.78 Å². The summed E-state index contributed by atoms with van der Waals surface area (Å²) in [6.45, 7) is 0. The zero-order valence-corrected chi connectivity index (χ0v) is 11.1. The third-order valence-electron chi connectivity index (χ3n) is 1.99. The smallest absolute Gasteiger partial charge is 0.288 e. The molecule has 0 amide bonds. The monoisotopic (exact) mass is 301 g/mol. The lowest BCUT2D eigenvalue weighted by atomic mass is 10.3. The normalized spacial score (nSPS) is 10.5. The number of nitrogens with zero attached hydrogens (tertiary/aromatic N) is 3. The highest BCUT2D eigenvalue weighted by Crippen LogP contribution is 2.26. The Bertz CT molecular complexity index is 529. The molecule has 1 aromatic carbocycles. The van der Waals surface area contributed by atoms with E-state index in [1.807, 2.05) is 0 Å². The Hall–Kier alpha value is -1.74. The number of thioether (sulfide) groups is 1. The zero-order chi connectivity index (χ0) is 13.7. The van der Waals surface area contributed by atoms with Gasteiger partial charge in [-0.05, 0) is 36.5 Å². The van der Waals surface area contributed by atoms with Crippen LogP contribution >= 0.6 is 24.0 Å². The number of halogens is 2. The number of rotatable bonds is 4. The van der Waals surface area contributed by atoms with Crippen molar-refractivity contribution in [2.24, 2.45) is 0 Å². The van der Waals surface area contributed by atoms with E-state index >= 15 is 0 Å². The van der Waals surface area contributed by atoms with E-state index in [2.05, 4.69) is 20.9 Å². The largest absolute Gasteiger partial charge is 0.331 e. The highest BCUT2D eigenvalue weighted by Gasteiger charge is 2.05. The second-order valence-electron chi connectivity index (χ2n) is 3.34. The van der Waals surface area contributed by atoms with Crippen LogP contribution in [0.2, 0.25) is 0 Å². The molecule has 0 aliphatic heterocycles. The highest BCUT2D eigenvalue weighted by molar-refractivity contribution is 7.99. The van der Waals surface area contributed by atoms with Gasteiger partial charge < -0.3 is 5.32 Å². The summed E-state index contributed by atoms with van der Waals surface area (Å²) in [4.78, 5) is 0.498. The molecule has 1 heterocycles. The molecule has 5 nitrogen and oxygen atoms in total. The minimum absolute atomic E-state index is 0.342. The summed E-state index contributed by atoms with van der Waals surface area (Å²) in [6, 6.07) is 6.54. The molecule has 2 N–H and O–H groups in total. The second kappa shape index (κ2) is 6.43. The molecule has 0 atom stereocenters. The van der Waals surface area contributed by atoms with E-state index in [1.54, 1.807) is 24.3 Å². The summed E-state index contributed by atoms with van der Waals surface area (Å²) in [5, 5.41) is 10.5. The van der Waals surface area contributed by atoms with Crippen molar-refractivity contribution in [3.8, 4) is 0 Å². The summed E-state index contributed by atoms with van der Waals surface area (Å²) in [7, 11) is 0. The second-order valence-corrected chi connectivity index (χ2v) is 4.81. The van der Waals surface area contributed by atoms with Crippen molar-refractivity contribution in [2.75, 3.05) is 10.7 Å². The molecule has 9 heteroatoms. The topological polar surface area (TPSA) is 54.8 Å². The average molecular weight is 301 g/mol. The van der Waals surface area contributed by atoms with E-state index in [4.69, 9.17) is 12.2 Å². The predicted molar refractivity (Wildman–Crippen MR) is 73.9 cm³/mol. The third kappa shape index (κ3) is 4.45. The lowest BCUT2D eigenvalue weighted by Crippen LogP contribution is -2.26. The molecule has 0 fully saturated rings. The van der Waals surface area contributed by atoms with Crippen LogP contribution in [0, 0.1) is 0 Å². The van der Waals surface area contributed by atoms with Crippen LogP contribution in [0.1, 0.15) is 0 Å². The maximum atomic E-state index is 12.1. The molecule has 1 aromatic heterocycles. The number of aromatic nitrogens is 3. The quantitative estimate of drug-likeness (QED) is 0.668. The molecule has 0 aliphatic carbocycles. The minimum atomic E-state index is -2.42. The number of anilines is 1. The fourth-order valence-corrected chi connectivity index (χ4v) is 1.98. The van der Waals surface area contributed by atoms with Gasteiger partial charge in [-0.3, -0.25) is 5.43 Å². The maximum absolute atomic E-state index is 12.1. The van der Waals surface area contributed by atoms with Crippen molar-refractivity contribution >= 4 is 34.8 Å². The Kier molecular flexibility index (Phi) is 4.63. The summed E-state index contributed by atoms with van der Waals surface area (Å²) < 4.78 is 25.8. The Morgan fingerprint density at radius 1 is 1.21 bits per heavy atom. The van der Waals surface area contributed by atoms with Crippen molar-refractivity contribution in [1.29, 1.82) is 0 Å². The Morgan fingerprint density at radius 2 is 1.84 bits per heavy atom. The zero-order valence-electron chi connectivity index (χ0n) is 9.46. The molecule has 2 rings (SSSR count). The van der Waals surface area contributed by atoms with Crippen molar-refractivity contribution < 1.29 is 8.78 Å². The molecule has 0 unspecified atom stereocenters. The van der Waals surface area contributed by atoms with Gasteiger partial charge >= 0.3 is 0 Å². The molecule has 0 radical (unpaired) electrons. The molecule has 2 aromatic rings. The van der Waals surface area contributed by atoms with Crippen LogP contribution in [0.5, 0.6) is 0 Å². The summed E-state index contributed by atoms with van der Waals surface area (Å²) >= 11 is 5.56. The summed E-state index contributed by atoms with van der Waals surface area (Å²) in [5.74, 6) is -2.42. The summed E-state index contributed by atoms with van der Waals surface area (Å²) in [6.07, 6.45) is 2.91. The van der Waals surface area contributed by atoms with Crippen molar-refractivity contribution in [3.05, 3.63) is 36.9 Å². The Labute approximate surface area is 117 Å². The molecule has 0 spiro atoms. The van der Waals surface area contributed by atoms with Crippen LogP contribution in [0.3, 0.4) is 0 Å². The lowest BCUT2D eigenvalue weighted by Gasteiger charge is -2.10. The van der Waals surface area contributed by atoms with Crippen molar-refractivity contribution in [1.82, 2.24) is 14.9 Å². The highest BCUT2D eigenvalue weighted by atomic mass is 32.2. The van der Waals surface area contributed by atoms with Gasteiger partial charge in [0, 0.05) is 10.6 Å². The van der Waals surface area contributed by atoms with E-state index in [0.29, 0.717) is 27.5 Å². The first kappa shape index (κ1) is 13.7. The first-order valence-electron chi connectivity index (χ1n) is 5.11. The first-order chi connectivity index (χ1) is 9.13. The van der Waals surface area contributed by atoms with Gasteiger partial charge in [-0.15, -0.1) is 10.2 Å². The Balaban J connectivity index is 1.90. The van der Waals surface area contributed by atoms with E-state index < -0.39 is 5.76 Å². The standard InChI is InChI=1S/C10H9F2N5S2/c11-9(12)19-8-3-1-7(2-4-8)15-10(18)16-17-5-13-14-6-17/h1-6,9H,(H2,15,16,18). The van der Waals surface area contributed by atoms with E-state index in [-0.39, 0.29) is 0 Å². The molecule has 19 heavy (non-hydrogen) atoms. The van der Waals surface area contributed by atoms with Crippen LogP contribution in [-0.2, 0) is 0 Å². The molecular formula is C10H9F2N5S2. The minimum Gasteiger partial charge on any atom is -0.331 e. The molecule has 0 bridgehead atoms.